The maximum Gasteiger partial charge on any atom is 0.201 e. The van der Waals surface area contributed by atoms with Crippen molar-refractivity contribution in [3.63, 3.8) is 0 Å². The highest BCUT2D eigenvalue weighted by molar-refractivity contribution is 5.67. The Balaban J connectivity index is 2.04. The number of aryl methyl sites for hydroxylation is 1. The minimum atomic E-state index is 0.189. The first-order valence-electron chi connectivity index (χ1n) is 5.74. The zero-order chi connectivity index (χ0) is 11.1. The van der Waals surface area contributed by atoms with Crippen molar-refractivity contribution in [1.29, 1.82) is 0 Å². The van der Waals surface area contributed by atoms with Crippen LogP contribution < -0.4 is 5.73 Å². The van der Waals surface area contributed by atoms with Gasteiger partial charge in [-0.2, -0.15) is 4.98 Å². The van der Waals surface area contributed by atoms with E-state index in [9.17, 15) is 0 Å². The molecule has 0 bridgehead atoms. The summed E-state index contributed by atoms with van der Waals surface area (Å²) in [6.07, 6.45) is 3.31. The first kappa shape index (κ1) is 9.78. The molecule has 2 atom stereocenters. The molecule has 2 N–H and O–H groups in total. The van der Waals surface area contributed by atoms with Gasteiger partial charge < -0.3 is 10.2 Å². The molecule has 1 fully saturated rings. The molecule has 0 aliphatic heterocycles. The van der Waals surface area contributed by atoms with Crippen LogP contribution in [0.3, 0.4) is 0 Å². The van der Waals surface area contributed by atoms with Gasteiger partial charge in [0.25, 0.3) is 0 Å². The number of fused-ring (bicyclic) bond motifs is 1. The number of oxazole rings is 1. The summed E-state index contributed by atoms with van der Waals surface area (Å²) in [6.45, 7) is 1.95. The van der Waals surface area contributed by atoms with Gasteiger partial charge in [0, 0.05) is 11.7 Å². The summed E-state index contributed by atoms with van der Waals surface area (Å²) in [7, 11) is 0. The normalized spacial score (nSPS) is 25.4. The fraction of sp³-hybridized carbons (Fsp3) is 0.500. The molecule has 2 aromatic rings. The number of hydrogen-bond acceptors (Lipinski definition) is 4. The van der Waals surface area contributed by atoms with Crippen molar-refractivity contribution in [3.8, 4) is 0 Å². The van der Waals surface area contributed by atoms with E-state index in [-0.39, 0.29) is 12.0 Å². The van der Waals surface area contributed by atoms with Crippen LogP contribution in [0.15, 0.2) is 16.5 Å². The second kappa shape index (κ2) is 3.56. The third kappa shape index (κ3) is 1.50. The Morgan fingerprint density at radius 1 is 1.31 bits per heavy atom. The number of aromatic nitrogens is 2. The molecule has 0 spiro atoms. The van der Waals surface area contributed by atoms with Gasteiger partial charge in [-0.15, -0.1) is 0 Å². The molecule has 0 amide bonds. The van der Waals surface area contributed by atoms with Crippen LogP contribution in [0.5, 0.6) is 0 Å². The summed E-state index contributed by atoms with van der Waals surface area (Å²) in [5.41, 5.74) is 8.47. The minimum absolute atomic E-state index is 0.189. The molecule has 16 heavy (non-hydrogen) atoms. The smallest absolute Gasteiger partial charge is 0.201 e. The molecular formula is C12H15N3O. The van der Waals surface area contributed by atoms with Crippen LogP contribution in [0.1, 0.15) is 36.8 Å². The van der Waals surface area contributed by atoms with E-state index in [2.05, 4.69) is 9.97 Å². The zero-order valence-corrected chi connectivity index (χ0v) is 9.31. The molecule has 4 nitrogen and oxygen atoms in total. The van der Waals surface area contributed by atoms with Crippen LogP contribution in [0.4, 0.5) is 0 Å². The Hall–Kier alpha value is -1.42. The SMILES string of the molecule is Cc1ccc2oc(C3CCCC3N)nc2n1. The van der Waals surface area contributed by atoms with E-state index in [0.29, 0.717) is 5.65 Å². The number of nitrogens with two attached hydrogens (primary N) is 1. The predicted octanol–water partition coefficient (Wildman–Crippen LogP) is 2.13. The maximum atomic E-state index is 6.04. The predicted molar refractivity (Wildman–Crippen MR) is 61.1 cm³/mol. The highest BCUT2D eigenvalue weighted by atomic mass is 16.3. The number of pyridine rings is 1. The standard InChI is InChI=1S/C12H15N3O/c1-7-5-6-10-11(14-7)15-12(16-10)8-3-2-4-9(8)13/h5-6,8-9H,2-4,13H2,1H3. The van der Waals surface area contributed by atoms with E-state index in [1.165, 1.54) is 0 Å². The van der Waals surface area contributed by atoms with Gasteiger partial charge in [-0.1, -0.05) is 6.42 Å². The van der Waals surface area contributed by atoms with Crippen LogP contribution >= 0.6 is 0 Å². The topological polar surface area (TPSA) is 64.9 Å². The van der Waals surface area contributed by atoms with Gasteiger partial charge in [0.1, 0.15) is 0 Å². The lowest BCUT2D eigenvalue weighted by atomic mass is 10.1. The Morgan fingerprint density at radius 3 is 2.94 bits per heavy atom. The van der Waals surface area contributed by atoms with E-state index < -0.39 is 0 Å². The monoisotopic (exact) mass is 217 g/mol. The van der Waals surface area contributed by atoms with Crippen molar-refractivity contribution in [1.82, 2.24) is 9.97 Å². The highest BCUT2D eigenvalue weighted by Gasteiger charge is 2.29. The summed E-state index contributed by atoms with van der Waals surface area (Å²) >= 11 is 0. The van der Waals surface area contributed by atoms with Gasteiger partial charge >= 0.3 is 0 Å². The Morgan fingerprint density at radius 2 is 2.19 bits per heavy atom. The summed E-state index contributed by atoms with van der Waals surface area (Å²) < 4.78 is 5.72. The van der Waals surface area contributed by atoms with Crippen molar-refractivity contribution in [2.24, 2.45) is 5.73 Å². The summed E-state index contributed by atoms with van der Waals surface area (Å²) in [5, 5.41) is 0. The van der Waals surface area contributed by atoms with Crippen LogP contribution in [-0.4, -0.2) is 16.0 Å². The lowest BCUT2D eigenvalue weighted by Gasteiger charge is -2.09. The van der Waals surface area contributed by atoms with Crippen molar-refractivity contribution in [2.45, 2.75) is 38.1 Å². The maximum absolute atomic E-state index is 6.04. The highest BCUT2D eigenvalue weighted by Crippen LogP contribution is 2.33. The quantitative estimate of drug-likeness (QED) is 0.794. The zero-order valence-electron chi connectivity index (χ0n) is 9.31. The summed E-state index contributed by atoms with van der Waals surface area (Å²) in [4.78, 5) is 8.80. The Kier molecular flexibility index (Phi) is 2.17. The molecule has 0 aromatic carbocycles. The fourth-order valence-electron chi connectivity index (χ4n) is 2.38. The molecule has 1 aliphatic carbocycles. The Labute approximate surface area is 93.9 Å². The first-order chi connectivity index (χ1) is 7.74. The second-order valence-corrected chi connectivity index (χ2v) is 4.53. The molecular weight excluding hydrogens is 202 g/mol. The molecule has 2 heterocycles. The van der Waals surface area contributed by atoms with Crippen LogP contribution in [0.25, 0.3) is 11.2 Å². The third-order valence-electron chi connectivity index (χ3n) is 3.30. The molecule has 84 valence electrons. The molecule has 1 saturated carbocycles. The van der Waals surface area contributed by atoms with Gasteiger partial charge in [0.05, 0.1) is 5.92 Å². The van der Waals surface area contributed by atoms with Gasteiger partial charge in [-0.25, -0.2) is 4.98 Å². The minimum Gasteiger partial charge on any atom is -0.439 e. The van der Waals surface area contributed by atoms with E-state index in [1.807, 2.05) is 19.1 Å². The second-order valence-electron chi connectivity index (χ2n) is 4.53. The van der Waals surface area contributed by atoms with Crippen molar-refractivity contribution < 1.29 is 4.42 Å². The molecule has 2 unspecified atom stereocenters. The van der Waals surface area contributed by atoms with Crippen molar-refractivity contribution in [2.75, 3.05) is 0 Å². The van der Waals surface area contributed by atoms with Crippen LogP contribution in [0.2, 0.25) is 0 Å². The largest absolute Gasteiger partial charge is 0.439 e. The van der Waals surface area contributed by atoms with E-state index in [4.69, 9.17) is 10.2 Å². The van der Waals surface area contributed by atoms with E-state index in [1.54, 1.807) is 0 Å². The third-order valence-corrected chi connectivity index (χ3v) is 3.30. The average molecular weight is 217 g/mol. The molecule has 2 aromatic heterocycles. The number of nitrogens with zero attached hydrogens (tertiary/aromatic N) is 2. The lowest BCUT2D eigenvalue weighted by molar-refractivity contribution is 0.449. The van der Waals surface area contributed by atoms with Crippen LogP contribution in [0, 0.1) is 6.92 Å². The molecule has 0 radical (unpaired) electrons. The fourth-order valence-corrected chi connectivity index (χ4v) is 2.38. The van der Waals surface area contributed by atoms with Gasteiger partial charge in [0.15, 0.2) is 11.2 Å². The van der Waals surface area contributed by atoms with Crippen molar-refractivity contribution in [3.05, 3.63) is 23.7 Å². The first-order valence-corrected chi connectivity index (χ1v) is 5.74. The molecule has 3 rings (SSSR count). The van der Waals surface area contributed by atoms with Gasteiger partial charge in [0.2, 0.25) is 5.89 Å². The van der Waals surface area contributed by atoms with Gasteiger partial charge in [-0.3, -0.25) is 0 Å². The molecule has 0 saturated heterocycles. The van der Waals surface area contributed by atoms with Crippen LogP contribution in [-0.2, 0) is 0 Å². The number of hydrogen-bond donors (Lipinski definition) is 1. The van der Waals surface area contributed by atoms with Crippen molar-refractivity contribution >= 4 is 11.2 Å². The molecule has 4 heteroatoms. The summed E-state index contributed by atoms with van der Waals surface area (Å²) in [5.74, 6) is 1.03. The number of rotatable bonds is 1. The van der Waals surface area contributed by atoms with Gasteiger partial charge in [-0.05, 0) is 31.9 Å². The molecule has 1 aliphatic rings. The summed E-state index contributed by atoms with van der Waals surface area (Å²) in [6, 6.07) is 4.05. The lowest BCUT2D eigenvalue weighted by Crippen LogP contribution is -2.22. The Bertz CT molecular complexity index is 520. The van der Waals surface area contributed by atoms with E-state index >= 15 is 0 Å². The average Bonchev–Trinajstić information content (AvgIpc) is 2.82. The van der Waals surface area contributed by atoms with E-state index in [0.717, 1.165) is 36.4 Å².